The van der Waals surface area contributed by atoms with Crippen LogP contribution in [0.1, 0.15) is 53.2 Å². The van der Waals surface area contributed by atoms with Crippen LogP contribution in [0.3, 0.4) is 0 Å². The van der Waals surface area contributed by atoms with Crippen molar-refractivity contribution in [2.45, 2.75) is 31.7 Å². The van der Waals surface area contributed by atoms with Gasteiger partial charge in [-0.1, -0.05) is 36.4 Å². The van der Waals surface area contributed by atoms with Crippen LogP contribution in [0.4, 0.5) is 0 Å². The molecule has 1 unspecified atom stereocenters. The summed E-state index contributed by atoms with van der Waals surface area (Å²) in [6, 6.07) is 18.1. The van der Waals surface area contributed by atoms with Gasteiger partial charge in [-0.25, -0.2) is 0 Å². The van der Waals surface area contributed by atoms with Crippen LogP contribution < -0.4 is 5.32 Å². The Bertz CT molecular complexity index is 1060. The van der Waals surface area contributed by atoms with E-state index in [2.05, 4.69) is 11.4 Å². The number of nitrogens with zero attached hydrogens (tertiary/aromatic N) is 3. The van der Waals surface area contributed by atoms with Gasteiger partial charge in [0, 0.05) is 37.7 Å². The molecule has 3 amide bonds. The fourth-order valence-corrected chi connectivity index (χ4v) is 4.30. The molecule has 2 aromatic carbocycles. The number of carbonyl (C=O) groups excluding carboxylic acids is 3. The van der Waals surface area contributed by atoms with Gasteiger partial charge in [0.25, 0.3) is 5.91 Å². The first kappa shape index (κ1) is 22.5. The van der Waals surface area contributed by atoms with Crippen molar-refractivity contribution in [1.29, 1.82) is 5.26 Å². The summed E-state index contributed by atoms with van der Waals surface area (Å²) in [6.07, 6.45) is 2.59. The topological polar surface area (TPSA) is 93.5 Å². The lowest BCUT2D eigenvalue weighted by Crippen LogP contribution is -2.39. The zero-order chi connectivity index (χ0) is 23.2. The van der Waals surface area contributed by atoms with Crippen molar-refractivity contribution in [3.8, 4) is 6.07 Å². The predicted molar refractivity (Wildman–Crippen MR) is 123 cm³/mol. The molecule has 1 saturated heterocycles. The molecular weight excluding hydrogens is 416 g/mol. The number of benzene rings is 2. The minimum atomic E-state index is -0.325. The van der Waals surface area contributed by atoms with Crippen LogP contribution in [0.15, 0.2) is 54.6 Å². The molecule has 4 rings (SSSR count). The standard InChI is InChI=1S/C26H28N4O3/c27-18-19-6-4-9-22(16-19)25(32)29-13-5-14-30(26(33)21-10-11-21)23(17-24(31)28-12-15-29)20-7-2-1-3-8-20/h1-4,6-9,16,21,23H,5,10-15,17H2,(H,28,31). The average Bonchev–Trinajstić information content (AvgIpc) is 3.69. The molecule has 33 heavy (non-hydrogen) atoms. The van der Waals surface area contributed by atoms with Crippen LogP contribution in [0, 0.1) is 17.2 Å². The van der Waals surface area contributed by atoms with E-state index in [1.54, 1.807) is 29.2 Å². The van der Waals surface area contributed by atoms with Crippen LogP contribution in [0.5, 0.6) is 0 Å². The van der Waals surface area contributed by atoms with Crippen LogP contribution in [-0.4, -0.2) is 53.7 Å². The Hall–Kier alpha value is -3.66. The van der Waals surface area contributed by atoms with Crippen LogP contribution >= 0.6 is 0 Å². The van der Waals surface area contributed by atoms with E-state index < -0.39 is 0 Å². The molecule has 0 radical (unpaired) electrons. The Morgan fingerprint density at radius 3 is 2.52 bits per heavy atom. The molecule has 7 nitrogen and oxygen atoms in total. The number of amides is 3. The Morgan fingerprint density at radius 1 is 1.00 bits per heavy atom. The largest absolute Gasteiger partial charge is 0.354 e. The first-order valence-corrected chi connectivity index (χ1v) is 11.5. The third kappa shape index (κ3) is 5.58. The van der Waals surface area contributed by atoms with Crippen LogP contribution in [0.2, 0.25) is 0 Å². The second-order valence-electron chi connectivity index (χ2n) is 8.62. The molecule has 1 aliphatic heterocycles. The second-order valence-corrected chi connectivity index (χ2v) is 8.62. The van der Waals surface area contributed by atoms with E-state index in [-0.39, 0.29) is 36.1 Å². The first-order valence-electron chi connectivity index (χ1n) is 11.5. The average molecular weight is 445 g/mol. The van der Waals surface area contributed by atoms with Crippen molar-refractivity contribution >= 4 is 17.7 Å². The maximum atomic E-state index is 13.2. The quantitative estimate of drug-likeness (QED) is 0.788. The lowest BCUT2D eigenvalue weighted by atomic mass is 10.0. The zero-order valence-corrected chi connectivity index (χ0v) is 18.6. The fraction of sp³-hybridized carbons (Fsp3) is 0.385. The molecule has 2 fully saturated rings. The van der Waals surface area contributed by atoms with Gasteiger partial charge >= 0.3 is 0 Å². The van der Waals surface area contributed by atoms with E-state index >= 15 is 0 Å². The molecule has 0 aromatic heterocycles. The maximum Gasteiger partial charge on any atom is 0.253 e. The van der Waals surface area contributed by atoms with E-state index in [0.29, 0.717) is 43.7 Å². The van der Waals surface area contributed by atoms with Crippen molar-refractivity contribution < 1.29 is 14.4 Å². The van der Waals surface area contributed by atoms with Crippen molar-refractivity contribution in [2.75, 3.05) is 26.2 Å². The summed E-state index contributed by atoms with van der Waals surface area (Å²) in [5, 5.41) is 12.1. The summed E-state index contributed by atoms with van der Waals surface area (Å²) in [7, 11) is 0. The van der Waals surface area contributed by atoms with E-state index in [1.807, 2.05) is 35.2 Å². The van der Waals surface area contributed by atoms with Crippen LogP contribution in [0.25, 0.3) is 0 Å². The molecular formula is C26H28N4O3. The summed E-state index contributed by atoms with van der Waals surface area (Å²) in [6.45, 7) is 1.64. The highest BCUT2D eigenvalue weighted by Crippen LogP contribution is 2.35. The van der Waals surface area contributed by atoms with Crippen LogP contribution in [-0.2, 0) is 9.59 Å². The van der Waals surface area contributed by atoms with Gasteiger partial charge in [-0.05, 0) is 43.0 Å². The van der Waals surface area contributed by atoms with E-state index in [4.69, 9.17) is 5.26 Å². The molecule has 7 heteroatoms. The smallest absolute Gasteiger partial charge is 0.253 e. The van der Waals surface area contributed by atoms with Gasteiger partial charge in [-0.3, -0.25) is 14.4 Å². The zero-order valence-electron chi connectivity index (χ0n) is 18.6. The number of nitriles is 1. The van der Waals surface area contributed by atoms with Crippen molar-refractivity contribution in [2.24, 2.45) is 5.92 Å². The Balaban J connectivity index is 1.56. The maximum absolute atomic E-state index is 13.2. The van der Waals surface area contributed by atoms with E-state index in [0.717, 1.165) is 18.4 Å². The Labute approximate surface area is 194 Å². The summed E-state index contributed by atoms with van der Waals surface area (Å²) in [5.41, 5.74) is 1.82. The molecule has 170 valence electrons. The Morgan fingerprint density at radius 2 is 1.79 bits per heavy atom. The molecule has 2 aromatic rings. The minimum absolute atomic E-state index is 0.0378. The third-order valence-corrected chi connectivity index (χ3v) is 6.21. The van der Waals surface area contributed by atoms with Gasteiger partial charge in [-0.15, -0.1) is 0 Å². The number of hydrogen-bond acceptors (Lipinski definition) is 4. The van der Waals surface area contributed by atoms with Gasteiger partial charge in [0.15, 0.2) is 0 Å². The lowest BCUT2D eigenvalue weighted by molar-refractivity contribution is -0.136. The summed E-state index contributed by atoms with van der Waals surface area (Å²) >= 11 is 0. The molecule has 1 saturated carbocycles. The van der Waals surface area contributed by atoms with Gasteiger partial charge < -0.3 is 15.1 Å². The SMILES string of the molecule is N#Cc1cccc(C(=O)N2CCCN(C(=O)C3CC3)C(c3ccccc3)CC(=O)NCC2)c1. The number of nitrogens with one attached hydrogen (secondary N) is 1. The van der Waals surface area contributed by atoms with E-state index in [9.17, 15) is 14.4 Å². The van der Waals surface area contributed by atoms with Gasteiger partial charge in [0.2, 0.25) is 11.8 Å². The molecule has 2 aliphatic rings. The lowest BCUT2D eigenvalue weighted by Gasteiger charge is -2.32. The Kier molecular flexibility index (Phi) is 7.04. The first-order chi connectivity index (χ1) is 16.1. The minimum Gasteiger partial charge on any atom is -0.354 e. The summed E-state index contributed by atoms with van der Waals surface area (Å²) in [5.74, 6) is -0.190. The normalized spacial score (nSPS) is 19.7. The summed E-state index contributed by atoms with van der Waals surface area (Å²) in [4.78, 5) is 42.7. The predicted octanol–water partition coefficient (Wildman–Crippen LogP) is 2.89. The van der Waals surface area contributed by atoms with Crippen molar-refractivity contribution in [1.82, 2.24) is 15.1 Å². The number of hydrogen-bond donors (Lipinski definition) is 1. The monoisotopic (exact) mass is 444 g/mol. The van der Waals surface area contributed by atoms with Crippen molar-refractivity contribution in [3.63, 3.8) is 0 Å². The molecule has 1 aliphatic carbocycles. The third-order valence-electron chi connectivity index (χ3n) is 6.21. The highest BCUT2D eigenvalue weighted by molar-refractivity contribution is 5.94. The highest BCUT2D eigenvalue weighted by atomic mass is 16.2. The van der Waals surface area contributed by atoms with Gasteiger partial charge in [0.1, 0.15) is 0 Å². The molecule has 1 atom stereocenters. The van der Waals surface area contributed by atoms with Gasteiger partial charge in [-0.2, -0.15) is 5.26 Å². The van der Waals surface area contributed by atoms with Gasteiger partial charge in [0.05, 0.1) is 24.1 Å². The molecule has 0 bridgehead atoms. The fourth-order valence-electron chi connectivity index (χ4n) is 4.30. The van der Waals surface area contributed by atoms with Crippen molar-refractivity contribution in [3.05, 3.63) is 71.3 Å². The molecule has 0 spiro atoms. The van der Waals surface area contributed by atoms with E-state index in [1.165, 1.54) is 0 Å². The number of carbonyl (C=O) groups is 3. The number of rotatable bonds is 3. The molecule has 1 heterocycles. The summed E-state index contributed by atoms with van der Waals surface area (Å²) < 4.78 is 0. The second kappa shape index (κ2) is 10.3. The highest BCUT2D eigenvalue weighted by Gasteiger charge is 2.37. The molecule has 1 N–H and O–H groups in total.